The van der Waals surface area contributed by atoms with E-state index in [9.17, 15) is 18.0 Å². The molecule has 0 bridgehead atoms. The fourth-order valence-electron chi connectivity index (χ4n) is 7.65. The summed E-state index contributed by atoms with van der Waals surface area (Å²) < 4.78 is 63.4. The van der Waals surface area contributed by atoms with Gasteiger partial charge in [-0.1, -0.05) is 48.9 Å². The molecule has 4 heterocycles. The number of esters is 1. The Labute approximate surface area is 305 Å². The molecule has 2 aromatic heterocycles. The molecule has 274 valence electrons. The Morgan fingerprint density at radius 1 is 1.08 bits per heavy atom. The predicted octanol–water partition coefficient (Wildman–Crippen LogP) is 8.71. The molecule has 5 aromatic rings. The van der Waals surface area contributed by atoms with E-state index in [2.05, 4.69) is 6.92 Å². The highest BCUT2D eigenvalue weighted by Gasteiger charge is 2.43. The van der Waals surface area contributed by atoms with E-state index in [1.54, 1.807) is 17.9 Å². The number of nitrogens with zero attached hydrogens (tertiary/aromatic N) is 4. The van der Waals surface area contributed by atoms with Crippen LogP contribution in [0.15, 0.2) is 60.7 Å². The maximum Gasteiger partial charge on any atom is 0.355 e. The summed E-state index contributed by atoms with van der Waals surface area (Å²) in [6.07, 6.45) is 5.59. The second-order valence-corrected chi connectivity index (χ2v) is 13.8. The summed E-state index contributed by atoms with van der Waals surface area (Å²) in [6, 6.07) is 14.0. The number of carbonyl (C=O) groups excluding carboxylic acids is 1. The minimum absolute atomic E-state index is 0.208. The Hall–Kier alpha value is -4.32. The number of rotatable bonds is 11. The van der Waals surface area contributed by atoms with Crippen molar-refractivity contribution >= 4 is 39.2 Å². The normalized spacial score (nSPS) is 17.8. The number of alkyl halides is 2. The molecule has 1 saturated heterocycles. The largest absolute Gasteiger partial charge is 0.493 e. The first-order chi connectivity index (χ1) is 25.1. The quantitative estimate of drug-likeness (QED) is 0.0769. The highest BCUT2D eigenvalue weighted by Crippen LogP contribution is 2.45. The molecule has 1 atom stereocenters. The average Bonchev–Trinajstić information content (AvgIpc) is 3.59. The van der Waals surface area contributed by atoms with Crippen LogP contribution in [0.3, 0.4) is 0 Å². The standard InChI is InChI=1S/C40H42ClF3N4O4/c1-4-31-35-34-30(41)16-15-29-28(11-9-21-51-32-12-8-10-25-22-26(42)13-14-27(25)32)38(39(49)50-5-2)48(37(29)34)18-6-7-20-52-33(36(35)45-46(31)3)17-19-47-23-40(43,44)24-47/h6-8,10,12-16,22,33H,4-5,9,11,17-21,23-24H2,1-3H3/b7-6-. The van der Waals surface area contributed by atoms with Crippen LogP contribution in [0.25, 0.3) is 32.8 Å². The first-order valence-electron chi connectivity index (χ1n) is 17.8. The zero-order valence-corrected chi connectivity index (χ0v) is 30.3. The number of aromatic nitrogens is 3. The zero-order valence-electron chi connectivity index (χ0n) is 29.6. The van der Waals surface area contributed by atoms with Gasteiger partial charge in [0.15, 0.2) is 0 Å². The van der Waals surface area contributed by atoms with E-state index in [0.29, 0.717) is 67.5 Å². The van der Waals surface area contributed by atoms with E-state index in [1.165, 1.54) is 12.1 Å². The van der Waals surface area contributed by atoms with E-state index in [4.69, 9.17) is 30.9 Å². The Morgan fingerprint density at radius 2 is 1.88 bits per heavy atom. The predicted molar refractivity (Wildman–Crippen MR) is 196 cm³/mol. The fourth-order valence-corrected chi connectivity index (χ4v) is 7.90. The summed E-state index contributed by atoms with van der Waals surface area (Å²) in [5.74, 6) is -2.73. The first kappa shape index (κ1) is 36.1. The van der Waals surface area contributed by atoms with Gasteiger partial charge < -0.3 is 18.8 Å². The van der Waals surface area contributed by atoms with Crippen LogP contribution in [0.4, 0.5) is 13.2 Å². The molecular formula is C40H42ClF3N4O4. The van der Waals surface area contributed by atoms with Crippen molar-refractivity contribution in [1.82, 2.24) is 19.2 Å². The fraction of sp³-hybridized carbons (Fsp3) is 0.400. The zero-order chi connectivity index (χ0) is 36.6. The number of allylic oxidation sites excluding steroid dienone is 1. The monoisotopic (exact) mass is 734 g/mol. The van der Waals surface area contributed by atoms with E-state index in [-0.39, 0.29) is 32.1 Å². The van der Waals surface area contributed by atoms with Gasteiger partial charge in [-0.15, -0.1) is 0 Å². The lowest BCUT2D eigenvalue weighted by Crippen LogP contribution is -2.56. The van der Waals surface area contributed by atoms with Crippen molar-refractivity contribution in [3.8, 4) is 16.9 Å². The number of halogens is 4. The third-order valence-electron chi connectivity index (χ3n) is 9.93. The minimum Gasteiger partial charge on any atom is -0.493 e. The number of carbonyl (C=O) groups is 1. The molecule has 52 heavy (non-hydrogen) atoms. The van der Waals surface area contributed by atoms with Crippen molar-refractivity contribution in [3.63, 3.8) is 0 Å². The molecule has 2 aliphatic heterocycles. The van der Waals surface area contributed by atoms with Crippen molar-refractivity contribution in [3.05, 3.63) is 94.2 Å². The average molecular weight is 735 g/mol. The van der Waals surface area contributed by atoms with Gasteiger partial charge in [0.25, 0.3) is 5.92 Å². The Bertz CT molecular complexity index is 2150. The molecule has 0 aliphatic carbocycles. The molecule has 7 rings (SSSR count). The van der Waals surface area contributed by atoms with Gasteiger partial charge in [-0.25, -0.2) is 18.0 Å². The van der Waals surface area contributed by atoms with Crippen LogP contribution in [0.2, 0.25) is 5.02 Å². The molecule has 0 saturated carbocycles. The Morgan fingerprint density at radius 3 is 2.65 bits per heavy atom. The SMILES string of the molecule is CCOC(=O)c1c(CCCOc2cccc3cc(F)ccc23)c2ccc(Cl)c3c2n1C/C=C\COC(CCN1CC(F)(F)C1)c1nn(C)c(CC)c1-3. The lowest BCUT2D eigenvalue weighted by Gasteiger charge is -2.39. The molecule has 0 N–H and O–H groups in total. The second-order valence-electron chi connectivity index (χ2n) is 13.4. The molecule has 12 heteroatoms. The smallest absolute Gasteiger partial charge is 0.355 e. The van der Waals surface area contributed by atoms with E-state index >= 15 is 0 Å². The molecule has 3 aromatic carbocycles. The highest BCUT2D eigenvalue weighted by molar-refractivity contribution is 6.35. The van der Waals surface area contributed by atoms with Crippen molar-refractivity contribution in [1.29, 1.82) is 0 Å². The number of aryl methyl sites for hydroxylation is 2. The summed E-state index contributed by atoms with van der Waals surface area (Å²) in [5, 5.41) is 7.92. The van der Waals surface area contributed by atoms with Crippen LogP contribution in [-0.2, 0) is 35.9 Å². The summed E-state index contributed by atoms with van der Waals surface area (Å²) in [6.45, 7) is 4.94. The minimum atomic E-state index is -2.66. The Balaban J connectivity index is 1.31. The van der Waals surface area contributed by atoms with Crippen LogP contribution >= 0.6 is 11.6 Å². The summed E-state index contributed by atoms with van der Waals surface area (Å²) >= 11 is 7.17. The first-order valence-corrected chi connectivity index (χ1v) is 18.2. The lowest BCUT2D eigenvalue weighted by atomic mass is 9.94. The van der Waals surface area contributed by atoms with Gasteiger partial charge in [-0.05, 0) is 73.9 Å². The number of ether oxygens (including phenoxy) is 3. The van der Waals surface area contributed by atoms with Crippen molar-refractivity contribution in [2.24, 2.45) is 7.05 Å². The molecule has 1 fully saturated rings. The van der Waals surface area contributed by atoms with Gasteiger partial charge in [0.1, 0.15) is 23.4 Å². The summed E-state index contributed by atoms with van der Waals surface area (Å²) in [5.41, 5.74) is 5.27. The maximum atomic E-state index is 13.9. The third-order valence-corrected chi connectivity index (χ3v) is 10.2. The molecule has 1 unspecified atom stereocenters. The van der Waals surface area contributed by atoms with Crippen LogP contribution in [0.5, 0.6) is 5.75 Å². The number of hydrogen-bond donors (Lipinski definition) is 0. The van der Waals surface area contributed by atoms with Gasteiger partial charge in [0, 0.05) is 47.7 Å². The number of benzene rings is 3. The van der Waals surface area contributed by atoms with E-state index in [0.717, 1.165) is 44.1 Å². The van der Waals surface area contributed by atoms with Crippen LogP contribution in [0.1, 0.15) is 60.2 Å². The summed E-state index contributed by atoms with van der Waals surface area (Å²) in [4.78, 5) is 15.6. The van der Waals surface area contributed by atoms with E-state index in [1.807, 2.05) is 58.8 Å². The van der Waals surface area contributed by atoms with Crippen molar-refractivity contribution < 1.29 is 32.2 Å². The molecule has 8 nitrogen and oxygen atoms in total. The Kier molecular flexibility index (Phi) is 10.4. The lowest BCUT2D eigenvalue weighted by molar-refractivity contribution is -0.133. The topological polar surface area (TPSA) is 70.8 Å². The molecule has 0 spiro atoms. The second kappa shape index (κ2) is 15.0. The maximum absolute atomic E-state index is 13.9. The van der Waals surface area contributed by atoms with Gasteiger partial charge >= 0.3 is 5.97 Å². The van der Waals surface area contributed by atoms with E-state index < -0.39 is 18.0 Å². The summed E-state index contributed by atoms with van der Waals surface area (Å²) in [7, 11) is 1.89. The van der Waals surface area contributed by atoms with Crippen LogP contribution < -0.4 is 4.74 Å². The highest BCUT2D eigenvalue weighted by atomic mass is 35.5. The van der Waals surface area contributed by atoms with Gasteiger partial charge in [0.2, 0.25) is 0 Å². The van der Waals surface area contributed by atoms with Crippen LogP contribution in [-0.4, -0.2) is 70.6 Å². The number of likely N-dealkylation sites (tertiary alicyclic amines) is 1. The van der Waals surface area contributed by atoms with Gasteiger partial charge in [-0.3, -0.25) is 9.58 Å². The molecular weight excluding hydrogens is 693 g/mol. The van der Waals surface area contributed by atoms with Gasteiger partial charge in [-0.2, -0.15) is 5.10 Å². The third kappa shape index (κ3) is 6.93. The molecule has 2 aliphatic rings. The molecule has 0 amide bonds. The number of fused-ring (bicyclic) bond motifs is 3. The van der Waals surface area contributed by atoms with Crippen molar-refractivity contribution in [2.75, 3.05) is 39.5 Å². The van der Waals surface area contributed by atoms with Crippen LogP contribution in [0, 0.1) is 5.82 Å². The molecule has 0 radical (unpaired) electrons. The van der Waals surface area contributed by atoms with Crippen molar-refractivity contribution in [2.45, 2.75) is 58.1 Å². The van der Waals surface area contributed by atoms with Gasteiger partial charge in [0.05, 0.1) is 49.1 Å². The number of hydrogen-bond acceptors (Lipinski definition) is 6.